The van der Waals surface area contributed by atoms with Crippen LogP contribution in [0.4, 0.5) is 0 Å². The average Bonchev–Trinajstić information content (AvgIpc) is 2.86. The quantitative estimate of drug-likeness (QED) is 0.841. The Morgan fingerprint density at radius 1 is 1.60 bits per heavy atom. The largest absolute Gasteiger partial charge is 0.384 e. The number of halogens is 1. The first-order valence-electron chi connectivity index (χ1n) is 7.38. The van der Waals surface area contributed by atoms with Crippen molar-refractivity contribution in [1.29, 1.82) is 0 Å². The molecule has 0 aliphatic carbocycles. The molecule has 2 N–H and O–H groups in total. The molecule has 114 valence electrons. The topological polar surface area (TPSA) is 38.5 Å². The van der Waals surface area contributed by atoms with Gasteiger partial charge in [-0.15, -0.1) is 11.3 Å². The van der Waals surface area contributed by atoms with Crippen molar-refractivity contribution < 1.29 is 4.74 Å². The van der Waals surface area contributed by atoms with Crippen molar-refractivity contribution >= 4 is 27.3 Å². The number of nitrogens with two attached hydrogens (primary N) is 1. The maximum Gasteiger partial charge on any atom is 0.0593 e. The van der Waals surface area contributed by atoms with E-state index in [1.807, 2.05) is 11.3 Å². The van der Waals surface area contributed by atoms with Gasteiger partial charge in [0.15, 0.2) is 0 Å². The molecule has 1 aromatic heterocycles. The maximum absolute atomic E-state index is 6.43. The zero-order valence-corrected chi connectivity index (χ0v) is 14.8. The Morgan fingerprint density at radius 2 is 2.40 bits per heavy atom. The predicted molar refractivity (Wildman–Crippen MR) is 89.2 cm³/mol. The lowest BCUT2D eigenvalue weighted by Gasteiger charge is -2.40. The minimum Gasteiger partial charge on any atom is -0.384 e. The van der Waals surface area contributed by atoms with E-state index in [1.54, 1.807) is 7.11 Å². The molecule has 0 aromatic carbocycles. The van der Waals surface area contributed by atoms with Crippen LogP contribution >= 0.6 is 27.3 Å². The van der Waals surface area contributed by atoms with Crippen LogP contribution in [0.5, 0.6) is 0 Å². The van der Waals surface area contributed by atoms with Crippen molar-refractivity contribution in [3.05, 3.63) is 20.8 Å². The first kappa shape index (κ1) is 16.4. The van der Waals surface area contributed by atoms with Gasteiger partial charge < -0.3 is 10.5 Å². The molecule has 20 heavy (non-hydrogen) atoms. The molecule has 1 aromatic rings. The summed E-state index contributed by atoms with van der Waals surface area (Å²) >= 11 is 5.37. The molecule has 1 saturated heterocycles. The first-order chi connectivity index (χ1) is 9.65. The standard InChI is InChI=1S/C15H25BrN2OS/c1-3-13(17)15(14-7-12(16)10-20-14)18-6-4-5-11(8-18)9-19-2/h7,10-11,13,15H,3-6,8-9,17H2,1-2H3. The van der Waals surface area contributed by atoms with Crippen LogP contribution in [0.2, 0.25) is 0 Å². The molecule has 0 saturated carbocycles. The third-order valence-corrected chi connectivity index (χ3v) is 5.87. The van der Waals surface area contributed by atoms with Crippen molar-refractivity contribution in [2.45, 2.75) is 38.3 Å². The van der Waals surface area contributed by atoms with E-state index in [0.717, 1.165) is 30.6 Å². The number of hydrogen-bond donors (Lipinski definition) is 1. The summed E-state index contributed by atoms with van der Waals surface area (Å²) in [6.45, 7) is 5.28. The summed E-state index contributed by atoms with van der Waals surface area (Å²) in [5.41, 5.74) is 6.43. The Bertz CT molecular complexity index is 410. The number of nitrogens with zero attached hydrogens (tertiary/aromatic N) is 1. The Balaban J connectivity index is 2.14. The SMILES string of the molecule is CCC(N)C(c1cc(Br)cs1)N1CCCC(COC)C1. The number of likely N-dealkylation sites (tertiary alicyclic amines) is 1. The molecule has 0 amide bonds. The summed E-state index contributed by atoms with van der Waals surface area (Å²) in [4.78, 5) is 3.95. The first-order valence-corrected chi connectivity index (χ1v) is 9.05. The normalized spacial score (nSPS) is 23.7. The molecule has 1 aliphatic heterocycles. The van der Waals surface area contributed by atoms with Gasteiger partial charge in [-0.05, 0) is 53.7 Å². The zero-order chi connectivity index (χ0) is 14.5. The van der Waals surface area contributed by atoms with Gasteiger partial charge in [0.25, 0.3) is 0 Å². The zero-order valence-electron chi connectivity index (χ0n) is 12.3. The van der Waals surface area contributed by atoms with E-state index in [0.29, 0.717) is 12.0 Å². The summed E-state index contributed by atoms with van der Waals surface area (Å²) < 4.78 is 6.51. The number of rotatable bonds is 6. The van der Waals surface area contributed by atoms with Crippen LogP contribution in [-0.2, 0) is 4.74 Å². The molecule has 5 heteroatoms. The molecule has 1 aliphatic rings. The highest BCUT2D eigenvalue weighted by molar-refractivity contribution is 9.10. The van der Waals surface area contributed by atoms with Crippen LogP contribution in [0, 0.1) is 5.92 Å². The third kappa shape index (κ3) is 4.04. The van der Waals surface area contributed by atoms with Crippen LogP contribution in [0.15, 0.2) is 15.9 Å². The van der Waals surface area contributed by atoms with E-state index < -0.39 is 0 Å². The number of piperidine rings is 1. The lowest BCUT2D eigenvalue weighted by atomic mass is 9.94. The Morgan fingerprint density at radius 3 is 3.00 bits per heavy atom. The minimum atomic E-state index is 0.196. The smallest absolute Gasteiger partial charge is 0.0593 e. The van der Waals surface area contributed by atoms with Gasteiger partial charge in [0, 0.05) is 34.4 Å². The van der Waals surface area contributed by atoms with E-state index in [2.05, 4.69) is 39.2 Å². The predicted octanol–water partition coefficient (Wildman–Crippen LogP) is 3.65. The van der Waals surface area contributed by atoms with Gasteiger partial charge in [-0.1, -0.05) is 6.92 Å². The number of ether oxygens (including phenoxy) is 1. The van der Waals surface area contributed by atoms with Crippen LogP contribution in [-0.4, -0.2) is 37.7 Å². The fourth-order valence-electron chi connectivity index (χ4n) is 3.09. The van der Waals surface area contributed by atoms with E-state index in [-0.39, 0.29) is 6.04 Å². The van der Waals surface area contributed by atoms with E-state index in [9.17, 15) is 0 Å². The second kappa shape index (κ2) is 7.90. The lowest BCUT2D eigenvalue weighted by molar-refractivity contribution is 0.0607. The summed E-state index contributed by atoms with van der Waals surface area (Å²) in [7, 11) is 1.80. The van der Waals surface area contributed by atoms with Gasteiger partial charge in [-0.25, -0.2) is 0 Å². The number of hydrogen-bond acceptors (Lipinski definition) is 4. The van der Waals surface area contributed by atoms with Crippen molar-refractivity contribution in [2.24, 2.45) is 11.7 Å². The number of thiophene rings is 1. The summed E-state index contributed by atoms with van der Waals surface area (Å²) in [6, 6.07) is 2.77. The fraction of sp³-hybridized carbons (Fsp3) is 0.733. The second-order valence-electron chi connectivity index (χ2n) is 5.64. The van der Waals surface area contributed by atoms with Crippen molar-refractivity contribution in [1.82, 2.24) is 4.90 Å². The lowest BCUT2D eigenvalue weighted by Crippen LogP contribution is -2.46. The minimum absolute atomic E-state index is 0.196. The Hall–Kier alpha value is 0.0600. The van der Waals surface area contributed by atoms with Gasteiger partial charge >= 0.3 is 0 Å². The molecule has 3 atom stereocenters. The van der Waals surface area contributed by atoms with Crippen molar-refractivity contribution in [3.63, 3.8) is 0 Å². The molecule has 3 unspecified atom stereocenters. The molecule has 3 nitrogen and oxygen atoms in total. The molecule has 0 spiro atoms. The summed E-state index contributed by atoms with van der Waals surface area (Å²) in [5, 5.41) is 2.15. The molecule has 1 fully saturated rings. The fourth-order valence-corrected chi connectivity index (χ4v) is 4.74. The van der Waals surface area contributed by atoms with Crippen LogP contribution in [0.3, 0.4) is 0 Å². The third-order valence-electron chi connectivity index (χ3n) is 4.10. The molecular formula is C15H25BrN2OS. The Kier molecular flexibility index (Phi) is 6.49. The monoisotopic (exact) mass is 360 g/mol. The highest BCUT2D eigenvalue weighted by Crippen LogP contribution is 2.34. The van der Waals surface area contributed by atoms with E-state index >= 15 is 0 Å². The Labute approximate surface area is 134 Å². The molecule has 0 radical (unpaired) electrons. The van der Waals surface area contributed by atoms with Crippen molar-refractivity contribution in [3.8, 4) is 0 Å². The summed E-state index contributed by atoms with van der Waals surface area (Å²) in [5.74, 6) is 0.642. The van der Waals surface area contributed by atoms with Crippen LogP contribution in [0.1, 0.15) is 37.1 Å². The second-order valence-corrected chi connectivity index (χ2v) is 7.50. The molecular weight excluding hydrogens is 336 g/mol. The molecule has 2 rings (SSSR count). The van der Waals surface area contributed by atoms with Crippen LogP contribution < -0.4 is 5.73 Å². The van der Waals surface area contributed by atoms with Gasteiger partial charge in [-0.3, -0.25) is 4.90 Å². The van der Waals surface area contributed by atoms with Crippen LogP contribution in [0.25, 0.3) is 0 Å². The maximum atomic E-state index is 6.43. The molecule has 0 bridgehead atoms. The highest BCUT2D eigenvalue weighted by atomic mass is 79.9. The van der Waals surface area contributed by atoms with Gasteiger partial charge in [-0.2, -0.15) is 0 Å². The van der Waals surface area contributed by atoms with Gasteiger partial charge in [0.05, 0.1) is 12.6 Å². The van der Waals surface area contributed by atoms with Gasteiger partial charge in [0.1, 0.15) is 0 Å². The number of methoxy groups -OCH3 is 1. The molecule has 2 heterocycles. The van der Waals surface area contributed by atoms with E-state index in [4.69, 9.17) is 10.5 Å². The average molecular weight is 361 g/mol. The van der Waals surface area contributed by atoms with Gasteiger partial charge in [0.2, 0.25) is 0 Å². The van der Waals surface area contributed by atoms with E-state index in [1.165, 1.54) is 17.7 Å². The highest BCUT2D eigenvalue weighted by Gasteiger charge is 2.31. The van der Waals surface area contributed by atoms with Crippen molar-refractivity contribution in [2.75, 3.05) is 26.8 Å². The summed E-state index contributed by atoms with van der Waals surface area (Å²) in [6.07, 6.45) is 3.52.